The molecule has 0 unspecified atom stereocenters. The second-order valence-corrected chi connectivity index (χ2v) is 6.07. The van der Waals surface area contributed by atoms with E-state index in [0.717, 1.165) is 5.56 Å². The van der Waals surface area contributed by atoms with Gasteiger partial charge in [0.05, 0.1) is 18.5 Å². The van der Waals surface area contributed by atoms with E-state index in [0.29, 0.717) is 17.1 Å². The Morgan fingerprint density at radius 3 is 2.03 bits per heavy atom. The van der Waals surface area contributed by atoms with Crippen LogP contribution in [0, 0.1) is 0 Å². The van der Waals surface area contributed by atoms with Gasteiger partial charge in [-0.2, -0.15) is 0 Å². The molecule has 0 atom stereocenters. The fraction of sp³-hybridized carbons (Fsp3) is 0.130. The molecule has 0 heterocycles. The first-order valence-electron chi connectivity index (χ1n) is 9.03. The van der Waals surface area contributed by atoms with E-state index in [4.69, 9.17) is 9.47 Å². The number of hydrogen-bond acceptors (Lipinski definition) is 5. The molecular formula is C23H21NO5. The lowest BCUT2D eigenvalue weighted by molar-refractivity contribution is -0.142. The Hall–Kier alpha value is -3.80. The van der Waals surface area contributed by atoms with Crippen LogP contribution in [0.4, 0.5) is 16.2 Å². The van der Waals surface area contributed by atoms with Gasteiger partial charge in [-0.05, 0) is 42.0 Å². The highest BCUT2D eigenvalue weighted by molar-refractivity contribution is 5.95. The minimum Gasteiger partial charge on any atom is -0.482 e. The summed E-state index contributed by atoms with van der Waals surface area (Å²) in [6.07, 6.45) is -0.497. The lowest BCUT2D eigenvalue weighted by Crippen LogP contribution is -2.26. The van der Waals surface area contributed by atoms with E-state index in [1.54, 1.807) is 18.2 Å². The van der Waals surface area contributed by atoms with Crippen molar-refractivity contribution in [1.29, 1.82) is 0 Å². The SMILES string of the molecule is COC(=O)COc1cccc(COC(=O)N(c2ccccc2)c2ccccc2)c1. The summed E-state index contributed by atoms with van der Waals surface area (Å²) in [5.74, 6) is 0.0233. The Morgan fingerprint density at radius 2 is 1.45 bits per heavy atom. The molecule has 6 nitrogen and oxygen atoms in total. The van der Waals surface area contributed by atoms with E-state index in [9.17, 15) is 9.59 Å². The molecule has 0 radical (unpaired) electrons. The first-order chi connectivity index (χ1) is 14.2. The molecule has 0 fully saturated rings. The van der Waals surface area contributed by atoms with Crippen molar-refractivity contribution in [1.82, 2.24) is 0 Å². The molecule has 0 aliphatic carbocycles. The molecule has 6 heteroatoms. The van der Waals surface area contributed by atoms with E-state index in [-0.39, 0.29) is 13.2 Å². The number of rotatable bonds is 7. The number of anilines is 2. The van der Waals surface area contributed by atoms with Crippen LogP contribution in [0.1, 0.15) is 5.56 Å². The number of nitrogens with zero attached hydrogens (tertiary/aromatic N) is 1. The van der Waals surface area contributed by atoms with Crippen LogP contribution in [0.25, 0.3) is 0 Å². The van der Waals surface area contributed by atoms with Gasteiger partial charge in [0.2, 0.25) is 0 Å². The zero-order chi connectivity index (χ0) is 20.5. The topological polar surface area (TPSA) is 65.1 Å². The van der Waals surface area contributed by atoms with Crippen LogP contribution in [-0.2, 0) is 20.9 Å². The van der Waals surface area contributed by atoms with Gasteiger partial charge in [0, 0.05) is 0 Å². The van der Waals surface area contributed by atoms with Crippen molar-refractivity contribution in [3.63, 3.8) is 0 Å². The lowest BCUT2D eigenvalue weighted by Gasteiger charge is -2.22. The van der Waals surface area contributed by atoms with E-state index in [2.05, 4.69) is 4.74 Å². The predicted octanol–water partition coefficient (Wildman–Crippen LogP) is 4.71. The van der Waals surface area contributed by atoms with Crippen molar-refractivity contribution in [2.75, 3.05) is 18.6 Å². The van der Waals surface area contributed by atoms with Crippen LogP contribution in [-0.4, -0.2) is 25.8 Å². The minimum atomic E-state index is -0.497. The maximum atomic E-state index is 12.9. The molecule has 0 bridgehead atoms. The van der Waals surface area contributed by atoms with Gasteiger partial charge in [0.15, 0.2) is 6.61 Å². The Kier molecular flexibility index (Phi) is 6.84. The van der Waals surface area contributed by atoms with Crippen LogP contribution in [0.15, 0.2) is 84.9 Å². The van der Waals surface area contributed by atoms with Gasteiger partial charge in [0.1, 0.15) is 12.4 Å². The smallest absolute Gasteiger partial charge is 0.419 e. The van der Waals surface area contributed by atoms with Gasteiger partial charge >= 0.3 is 12.1 Å². The third-order valence-corrected chi connectivity index (χ3v) is 4.06. The van der Waals surface area contributed by atoms with Gasteiger partial charge in [-0.3, -0.25) is 0 Å². The zero-order valence-corrected chi connectivity index (χ0v) is 16.0. The largest absolute Gasteiger partial charge is 0.482 e. The third-order valence-electron chi connectivity index (χ3n) is 4.06. The predicted molar refractivity (Wildman–Crippen MR) is 109 cm³/mol. The minimum absolute atomic E-state index is 0.0599. The summed E-state index contributed by atoms with van der Waals surface area (Å²) in [5, 5.41) is 0. The van der Waals surface area contributed by atoms with E-state index in [1.165, 1.54) is 12.0 Å². The number of benzene rings is 3. The molecule has 3 aromatic carbocycles. The molecule has 148 valence electrons. The second-order valence-electron chi connectivity index (χ2n) is 6.07. The fourth-order valence-corrected chi connectivity index (χ4v) is 2.65. The fourth-order valence-electron chi connectivity index (χ4n) is 2.65. The summed E-state index contributed by atoms with van der Waals surface area (Å²) in [7, 11) is 1.30. The maximum absolute atomic E-state index is 12.9. The summed E-state index contributed by atoms with van der Waals surface area (Å²) in [4.78, 5) is 25.6. The molecule has 3 rings (SSSR count). The van der Waals surface area contributed by atoms with Gasteiger partial charge in [-0.15, -0.1) is 0 Å². The lowest BCUT2D eigenvalue weighted by atomic mass is 10.2. The number of esters is 1. The van der Waals surface area contributed by atoms with Crippen LogP contribution < -0.4 is 9.64 Å². The molecular weight excluding hydrogens is 370 g/mol. The van der Waals surface area contributed by atoms with Crippen LogP contribution in [0.5, 0.6) is 5.75 Å². The molecule has 0 aliphatic rings. The van der Waals surface area contributed by atoms with Crippen molar-refractivity contribution < 1.29 is 23.8 Å². The Morgan fingerprint density at radius 1 is 0.828 bits per heavy atom. The van der Waals surface area contributed by atoms with Crippen molar-refractivity contribution in [2.45, 2.75) is 6.61 Å². The molecule has 0 N–H and O–H groups in total. The van der Waals surface area contributed by atoms with Crippen LogP contribution in [0.2, 0.25) is 0 Å². The molecule has 0 saturated heterocycles. The summed E-state index contributed by atoms with van der Waals surface area (Å²) >= 11 is 0. The number of ether oxygens (including phenoxy) is 3. The van der Waals surface area contributed by atoms with Crippen molar-refractivity contribution in [3.8, 4) is 5.75 Å². The maximum Gasteiger partial charge on any atom is 0.419 e. The number of methoxy groups -OCH3 is 1. The third kappa shape index (κ3) is 5.59. The van der Waals surface area contributed by atoms with E-state index < -0.39 is 12.1 Å². The Labute approximate surface area is 169 Å². The quantitative estimate of drug-likeness (QED) is 0.546. The van der Waals surface area contributed by atoms with Gasteiger partial charge in [-0.1, -0.05) is 48.5 Å². The average Bonchev–Trinajstić information content (AvgIpc) is 2.78. The zero-order valence-electron chi connectivity index (χ0n) is 16.0. The summed E-state index contributed by atoms with van der Waals surface area (Å²) in [5.41, 5.74) is 2.15. The molecule has 3 aromatic rings. The highest BCUT2D eigenvalue weighted by Crippen LogP contribution is 2.26. The summed E-state index contributed by atoms with van der Waals surface area (Å²) < 4.78 is 15.5. The van der Waals surface area contributed by atoms with Crippen molar-refractivity contribution in [2.24, 2.45) is 0 Å². The number of para-hydroxylation sites is 2. The van der Waals surface area contributed by atoms with Gasteiger partial charge in [-0.25, -0.2) is 14.5 Å². The van der Waals surface area contributed by atoms with Crippen molar-refractivity contribution in [3.05, 3.63) is 90.5 Å². The number of carbonyl (C=O) groups excluding carboxylic acids is 2. The molecule has 0 aliphatic heterocycles. The normalized spacial score (nSPS) is 10.1. The summed E-state index contributed by atoms with van der Waals surface area (Å²) in [6.45, 7) is -0.125. The van der Waals surface area contributed by atoms with Crippen LogP contribution in [0.3, 0.4) is 0 Å². The van der Waals surface area contributed by atoms with Gasteiger partial charge < -0.3 is 14.2 Å². The molecule has 29 heavy (non-hydrogen) atoms. The Balaban J connectivity index is 1.70. The average molecular weight is 391 g/mol. The second kappa shape index (κ2) is 9.94. The Bertz CT molecular complexity index is 904. The monoisotopic (exact) mass is 391 g/mol. The standard InChI is InChI=1S/C23H21NO5/c1-27-22(25)17-28-21-14-8-9-18(15-21)16-29-23(26)24(19-10-4-2-5-11-19)20-12-6-3-7-13-20/h2-15H,16-17H2,1H3. The molecule has 1 amide bonds. The number of carbonyl (C=O) groups is 2. The molecule has 0 spiro atoms. The summed E-state index contributed by atoms with van der Waals surface area (Å²) in [6, 6.07) is 25.6. The molecule has 0 aromatic heterocycles. The highest BCUT2D eigenvalue weighted by atomic mass is 16.6. The van der Waals surface area contributed by atoms with Crippen molar-refractivity contribution >= 4 is 23.4 Å². The first kappa shape index (κ1) is 19.9. The number of hydrogen-bond donors (Lipinski definition) is 0. The van der Waals surface area contributed by atoms with Crippen LogP contribution >= 0.6 is 0 Å². The van der Waals surface area contributed by atoms with E-state index in [1.807, 2.05) is 66.7 Å². The highest BCUT2D eigenvalue weighted by Gasteiger charge is 2.19. The molecule has 0 saturated carbocycles. The van der Waals surface area contributed by atoms with E-state index >= 15 is 0 Å². The first-order valence-corrected chi connectivity index (χ1v) is 9.03. The van der Waals surface area contributed by atoms with Gasteiger partial charge in [0.25, 0.3) is 0 Å². The number of amides is 1.